The van der Waals surface area contributed by atoms with Crippen LogP contribution >= 0.6 is 0 Å². The molecule has 1 atom stereocenters. The topological polar surface area (TPSA) is 79.3 Å². The normalized spacial score (nSPS) is 20.9. The smallest absolute Gasteiger partial charge is 0.295 e. The summed E-state index contributed by atoms with van der Waals surface area (Å²) >= 11 is 0. The van der Waals surface area contributed by atoms with E-state index >= 15 is 0 Å². The molecule has 2 heterocycles. The van der Waals surface area contributed by atoms with Crippen molar-refractivity contribution in [2.75, 3.05) is 46.0 Å². The van der Waals surface area contributed by atoms with E-state index in [4.69, 9.17) is 9.47 Å². The molecule has 1 amide bonds. The fraction of sp³-hybridized carbons (Fsp3) is 0.385. The van der Waals surface area contributed by atoms with E-state index in [0.717, 1.165) is 24.2 Å². The molecule has 2 aromatic rings. The van der Waals surface area contributed by atoms with Crippen molar-refractivity contribution in [3.63, 3.8) is 0 Å². The van der Waals surface area contributed by atoms with Crippen LogP contribution in [0.15, 0.2) is 54.1 Å². The van der Waals surface area contributed by atoms with Crippen LogP contribution in [0.1, 0.15) is 29.7 Å². The second-order valence-electron chi connectivity index (χ2n) is 8.31. The molecular formula is C26H30N2O5. The third kappa shape index (κ3) is 4.94. The second-order valence-corrected chi connectivity index (χ2v) is 8.31. The number of rotatable bonds is 7. The molecule has 2 aliphatic heterocycles. The zero-order chi connectivity index (χ0) is 23.4. The monoisotopic (exact) mass is 450 g/mol. The van der Waals surface area contributed by atoms with Gasteiger partial charge in [-0.05, 0) is 31.5 Å². The first-order valence-electron chi connectivity index (χ1n) is 11.4. The van der Waals surface area contributed by atoms with Crippen LogP contribution in [0, 0.1) is 6.92 Å². The fourth-order valence-corrected chi connectivity index (χ4v) is 4.31. The number of nitrogens with zero attached hydrogens (tertiary/aromatic N) is 2. The lowest BCUT2D eigenvalue weighted by molar-refractivity contribution is -0.140. The number of hydrogen-bond acceptors (Lipinski definition) is 6. The van der Waals surface area contributed by atoms with Crippen LogP contribution in [-0.2, 0) is 14.3 Å². The molecule has 2 fully saturated rings. The summed E-state index contributed by atoms with van der Waals surface area (Å²) < 4.78 is 11.0. The largest absolute Gasteiger partial charge is 0.507 e. The number of Topliss-reactive ketones (excluding diaryl/α,β-unsaturated/α-hetero) is 1. The minimum absolute atomic E-state index is 0.120. The van der Waals surface area contributed by atoms with Crippen LogP contribution in [0.25, 0.3) is 5.76 Å². The number of aryl methyl sites for hydroxylation is 1. The zero-order valence-electron chi connectivity index (χ0n) is 19.1. The maximum absolute atomic E-state index is 13.1. The first-order chi connectivity index (χ1) is 16.0. The lowest BCUT2D eigenvalue weighted by Crippen LogP contribution is -2.42. The van der Waals surface area contributed by atoms with Gasteiger partial charge in [-0.3, -0.25) is 14.5 Å². The van der Waals surface area contributed by atoms with E-state index in [1.807, 2.05) is 50.2 Å². The molecule has 1 N–H and O–H groups in total. The van der Waals surface area contributed by atoms with Crippen LogP contribution in [-0.4, -0.2) is 72.6 Å². The number of carbonyl (C=O) groups is 2. The van der Waals surface area contributed by atoms with Crippen molar-refractivity contribution < 1.29 is 24.2 Å². The van der Waals surface area contributed by atoms with Gasteiger partial charge in [-0.15, -0.1) is 0 Å². The average Bonchev–Trinajstić information content (AvgIpc) is 3.09. The SMILES string of the molecule is CCOc1ccc(C2C(=C(O)c3ccc(C)cc3)C(=O)C(=O)N2CCN2CCOCC2)cc1. The molecule has 7 heteroatoms. The Bertz CT molecular complexity index is 1020. The molecule has 0 bridgehead atoms. The van der Waals surface area contributed by atoms with Crippen LogP contribution in [0.4, 0.5) is 0 Å². The Balaban J connectivity index is 1.71. The van der Waals surface area contributed by atoms with E-state index in [0.29, 0.717) is 44.2 Å². The summed E-state index contributed by atoms with van der Waals surface area (Å²) in [5.74, 6) is -0.684. The van der Waals surface area contributed by atoms with Gasteiger partial charge in [-0.2, -0.15) is 0 Å². The highest BCUT2D eigenvalue weighted by atomic mass is 16.5. The van der Waals surface area contributed by atoms with Gasteiger partial charge in [0.15, 0.2) is 0 Å². The van der Waals surface area contributed by atoms with Gasteiger partial charge in [0, 0.05) is 31.7 Å². The number of aliphatic hydroxyl groups is 1. The molecule has 2 aromatic carbocycles. The Kier molecular flexibility index (Phi) is 7.11. The molecule has 174 valence electrons. The molecule has 0 saturated carbocycles. The molecule has 7 nitrogen and oxygen atoms in total. The van der Waals surface area contributed by atoms with E-state index in [1.165, 1.54) is 0 Å². The zero-order valence-corrected chi connectivity index (χ0v) is 19.1. The number of likely N-dealkylation sites (tertiary alicyclic amines) is 1. The number of carbonyl (C=O) groups excluding carboxylic acids is 2. The summed E-state index contributed by atoms with van der Waals surface area (Å²) in [7, 11) is 0. The lowest BCUT2D eigenvalue weighted by Gasteiger charge is -2.31. The lowest BCUT2D eigenvalue weighted by atomic mass is 9.95. The maximum Gasteiger partial charge on any atom is 0.295 e. The van der Waals surface area contributed by atoms with Crippen LogP contribution in [0.3, 0.4) is 0 Å². The first-order valence-corrected chi connectivity index (χ1v) is 11.4. The third-order valence-electron chi connectivity index (χ3n) is 6.13. The van der Waals surface area contributed by atoms with E-state index < -0.39 is 17.7 Å². The standard InChI is InChI=1S/C26H30N2O5/c1-3-33-21-10-8-19(9-11-21)23-22(24(29)20-6-4-18(2)5-7-20)25(30)26(31)28(23)13-12-27-14-16-32-17-15-27/h4-11,23,29H,3,12-17H2,1-2H3. The Labute approximate surface area is 194 Å². The second kappa shape index (κ2) is 10.2. The van der Waals surface area contributed by atoms with Gasteiger partial charge >= 0.3 is 0 Å². The number of aliphatic hydroxyl groups excluding tert-OH is 1. The van der Waals surface area contributed by atoms with Gasteiger partial charge in [0.1, 0.15) is 11.5 Å². The Morgan fingerprint density at radius 2 is 1.70 bits per heavy atom. The highest BCUT2D eigenvalue weighted by Gasteiger charge is 2.46. The Hall–Kier alpha value is -3.16. The van der Waals surface area contributed by atoms with E-state index in [-0.39, 0.29) is 11.3 Å². The number of amides is 1. The highest BCUT2D eigenvalue weighted by Crippen LogP contribution is 2.39. The summed E-state index contributed by atoms with van der Waals surface area (Å²) in [5, 5.41) is 11.1. The first kappa shape index (κ1) is 23.0. The summed E-state index contributed by atoms with van der Waals surface area (Å²) in [5.41, 5.74) is 2.44. The van der Waals surface area contributed by atoms with Crippen molar-refractivity contribution in [1.29, 1.82) is 0 Å². The molecule has 2 saturated heterocycles. The summed E-state index contributed by atoms with van der Waals surface area (Å²) in [6.07, 6.45) is 0. The molecule has 2 aliphatic rings. The number of ketones is 1. The minimum atomic E-state index is -0.664. The molecule has 4 rings (SSSR count). The van der Waals surface area contributed by atoms with Crippen molar-refractivity contribution in [3.8, 4) is 5.75 Å². The molecule has 0 aromatic heterocycles. The van der Waals surface area contributed by atoms with Crippen molar-refractivity contribution in [3.05, 3.63) is 70.8 Å². The number of benzene rings is 2. The number of morpholine rings is 1. The van der Waals surface area contributed by atoms with Crippen LogP contribution < -0.4 is 4.74 Å². The third-order valence-corrected chi connectivity index (χ3v) is 6.13. The van der Waals surface area contributed by atoms with E-state index in [9.17, 15) is 14.7 Å². The van der Waals surface area contributed by atoms with Gasteiger partial charge in [-0.25, -0.2) is 0 Å². The van der Waals surface area contributed by atoms with Crippen molar-refractivity contribution in [2.45, 2.75) is 19.9 Å². The van der Waals surface area contributed by atoms with Gasteiger partial charge in [0.25, 0.3) is 11.7 Å². The molecule has 1 unspecified atom stereocenters. The molecule has 0 radical (unpaired) electrons. The fourth-order valence-electron chi connectivity index (χ4n) is 4.31. The predicted molar refractivity (Wildman–Crippen MR) is 125 cm³/mol. The molecule has 0 aliphatic carbocycles. The number of ether oxygens (including phenoxy) is 2. The van der Waals surface area contributed by atoms with Crippen LogP contribution in [0.5, 0.6) is 5.75 Å². The minimum Gasteiger partial charge on any atom is -0.507 e. The van der Waals surface area contributed by atoms with Gasteiger partial charge in [-0.1, -0.05) is 42.0 Å². The van der Waals surface area contributed by atoms with Gasteiger partial charge < -0.3 is 19.5 Å². The summed E-state index contributed by atoms with van der Waals surface area (Å²) in [6, 6.07) is 14.0. The Morgan fingerprint density at radius 3 is 2.33 bits per heavy atom. The molecule has 0 spiro atoms. The predicted octanol–water partition coefficient (Wildman–Crippen LogP) is 3.15. The number of hydrogen-bond donors (Lipinski definition) is 1. The van der Waals surface area contributed by atoms with Crippen molar-refractivity contribution in [2.24, 2.45) is 0 Å². The highest BCUT2D eigenvalue weighted by molar-refractivity contribution is 6.46. The summed E-state index contributed by atoms with van der Waals surface area (Å²) in [6.45, 7) is 8.34. The average molecular weight is 451 g/mol. The van der Waals surface area contributed by atoms with Crippen molar-refractivity contribution >= 4 is 17.4 Å². The van der Waals surface area contributed by atoms with Gasteiger partial charge in [0.2, 0.25) is 0 Å². The molecular weight excluding hydrogens is 420 g/mol. The maximum atomic E-state index is 13.1. The van der Waals surface area contributed by atoms with Crippen molar-refractivity contribution in [1.82, 2.24) is 9.80 Å². The van der Waals surface area contributed by atoms with E-state index in [2.05, 4.69) is 4.90 Å². The van der Waals surface area contributed by atoms with E-state index in [1.54, 1.807) is 17.0 Å². The van der Waals surface area contributed by atoms with Gasteiger partial charge in [0.05, 0.1) is 31.4 Å². The summed E-state index contributed by atoms with van der Waals surface area (Å²) in [4.78, 5) is 30.0. The molecule has 33 heavy (non-hydrogen) atoms. The quantitative estimate of drug-likeness (QED) is 0.397. The van der Waals surface area contributed by atoms with Crippen LogP contribution in [0.2, 0.25) is 0 Å². The Morgan fingerprint density at radius 1 is 1.03 bits per heavy atom.